The van der Waals surface area contributed by atoms with Gasteiger partial charge in [0, 0.05) is 5.54 Å². The molecule has 0 amide bonds. The van der Waals surface area contributed by atoms with Crippen LogP contribution in [0.15, 0.2) is 0 Å². The van der Waals surface area contributed by atoms with Gasteiger partial charge in [-0.25, -0.2) is 0 Å². The maximum Gasteiger partial charge on any atom is 0.305 e. The zero-order valence-corrected chi connectivity index (χ0v) is 12.1. The zero-order valence-electron chi connectivity index (χ0n) is 12.1. The molecule has 1 N–H and O–H groups in total. The molecule has 1 heterocycles. The standard InChI is InChI=1S/C15H29NO2/c1-3-9-15(10-4-2,13-14(17)18)16-11-7-5-6-8-12-16/h3-13H2,1-2H3,(H,17,18). The largest absolute Gasteiger partial charge is 0.481 e. The molecular weight excluding hydrogens is 226 g/mol. The molecule has 18 heavy (non-hydrogen) atoms. The Hall–Kier alpha value is -0.570. The van der Waals surface area contributed by atoms with Crippen LogP contribution in [0.5, 0.6) is 0 Å². The van der Waals surface area contributed by atoms with Crippen molar-refractivity contribution in [3.63, 3.8) is 0 Å². The van der Waals surface area contributed by atoms with Crippen LogP contribution in [0.1, 0.15) is 71.6 Å². The molecule has 0 aromatic rings. The summed E-state index contributed by atoms with van der Waals surface area (Å²) in [6.45, 7) is 6.52. The molecule has 1 fully saturated rings. The van der Waals surface area contributed by atoms with Crippen LogP contribution in [0, 0.1) is 0 Å². The van der Waals surface area contributed by atoms with Gasteiger partial charge in [0.05, 0.1) is 6.42 Å². The number of carbonyl (C=O) groups is 1. The van der Waals surface area contributed by atoms with Crippen molar-refractivity contribution < 1.29 is 9.90 Å². The molecule has 0 bridgehead atoms. The molecule has 0 saturated carbocycles. The first-order valence-electron chi connectivity index (χ1n) is 7.61. The number of carboxylic acids is 1. The van der Waals surface area contributed by atoms with E-state index in [9.17, 15) is 9.90 Å². The van der Waals surface area contributed by atoms with Crippen LogP contribution in [0.2, 0.25) is 0 Å². The van der Waals surface area contributed by atoms with Gasteiger partial charge in [-0.2, -0.15) is 0 Å². The first-order chi connectivity index (χ1) is 8.64. The fourth-order valence-corrected chi connectivity index (χ4v) is 3.49. The first-order valence-corrected chi connectivity index (χ1v) is 7.61. The predicted molar refractivity (Wildman–Crippen MR) is 74.8 cm³/mol. The van der Waals surface area contributed by atoms with Crippen LogP contribution >= 0.6 is 0 Å². The van der Waals surface area contributed by atoms with E-state index >= 15 is 0 Å². The molecule has 1 aliphatic rings. The number of rotatable bonds is 7. The van der Waals surface area contributed by atoms with Gasteiger partial charge in [-0.15, -0.1) is 0 Å². The topological polar surface area (TPSA) is 40.5 Å². The van der Waals surface area contributed by atoms with Gasteiger partial charge in [-0.3, -0.25) is 9.69 Å². The van der Waals surface area contributed by atoms with Crippen molar-refractivity contribution in [1.82, 2.24) is 4.90 Å². The summed E-state index contributed by atoms with van der Waals surface area (Å²) in [4.78, 5) is 13.8. The zero-order chi connectivity index (χ0) is 13.4. The molecule has 106 valence electrons. The highest BCUT2D eigenvalue weighted by atomic mass is 16.4. The first kappa shape index (κ1) is 15.5. The highest BCUT2D eigenvalue weighted by molar-refractivity contribution is 5.68. The quantitative estimate of drug-likeness (QED) is 0.754. The lowest BCUT2D eigenvalue weighted by Crippen LogP contribution is -2.50. The summed E-state index contributed by atoms with van der Waals surface area (Å²) in [6, 6.07) is 0. The maximum absolute atomic E-state index is 11.3. The molecule has 0 spiro atoms. The highest BCUT2D eigenvalue weighted by Crippen LogP contribution is 2.33. The van der Waals surface area contributed by atoms with Gasteiger partial charge in [0.2, 0.25) is 0 Å². The summed E-state index contributed by atoms with van der Waals surface area (Å²) in [6.07, 6.45) is 9.57. The average Bonchev–Trinajstić information content (AvgIpc) is 2.57. The Morgan fingerprint density at radius 2 is 1.56 bits per heavy atom. The number of aliphatic carboxylic acids is 1. The van der Waals surface area contributed by atoms with Gasteiger partial charge in [-0.1, -0.05) is 39.5 Å². The van der Waals surface area contributed by atoms with Crippen molar-refractivity contribution in [1.29, 1.82) is 0 Å². The fraction of sp³-hybridized carbons (Fsp3) is 0.933. The SMILES string of the molecule is CCCC(CCC)(CC(=O)O)N1CCCCCC1. The fourth-order valence-electron chi connectivity index (χ4n) is 3.49. The van der Waals surface area contributed by atoms with Crippen LogP contribution < -0.4 is 0 Å². The van der Waals surface area contributed by atoms with E-state index in [0.717, 1.165) is 38.8 Å². The van der Waals surface area contributed by atoms with E-state index in [4.69, 9.17) is 0 Å². The van der Waals surface area contributed by atoms with Gasteiger partial charge in [0.1, 0.15) is 0 Å². The van der Waals surface area contributed by atoms with E-state index in [0.29, 0.717) is 6.42 Å². The number of nitrogens with zero attached hydrogens (tertiary/aromatic N) is 1. The molecule has 0 unspecified atom stereocenters. The Bertz CT molecular complexity index is 239. The van der Waals surface area contributed by atoms with Crippen molar-refractivity contribution in [3.8, 4) is 0 Å². The Kier molecular flexibility index (Phi) is 6.69. The lowest BCUT2D eigenvalue weighted by Gasteiger charge is -2.43. The summed E-state index contributed by atoms with van der Waals surface area (Å²) in [7, 11) is 0. The minimum Gasteiger partial charge on any atom is -0.481 e. The minimum atomic E-state index is -0.638. The molecular formula is C15H29NO2. The summed E-state index contributed by atoms with van der Waals surface area (Å²) in [5, 5.41) is 9.28. The number of hydrogen-bond acceptors (Lipinski definition) is 2. The van der Waals surface area contributed by atoms with Gasteiger partial charge in [0.25, 0.3) is 0 Å². The molecule has 0 atom stereocenters. The van der Waals surface area contributed by atoms with E-state index in [1.54, 1.807) is 0 Å². The van der Waals surface area contributed by atoms with Crippen LogP contribution in [0.4, 0.5) is 0 Å². The van der Waals surface area contributed by atoms with Crippen LogP contribution in [0.3, 0.4) is 0 Å². The maximum atomic E-state index is 11.3. The predicted octanol–water partition coefficient (Wildman–Crippen LogP) is 3.68. The molecule has 3 nitrogen and oxygen atoms in total. The average molecular weight is 255 g/mol. The van der Waals surface area contributed by atoms with Gasteiger partial charge in [0.15, 0.2) is 0 Å². The van der Waals surface area contributed by atoms with E-state index in [2.05, 4.69) is 18.7 Å². The van der Waals surface area contributed by atoms with Gasteiger partial charge >= 0.3 is 5.97 Å². The van der Waals surface area contributed by atoms with E-state index in [1.807, 2.05) is 0 Å². The summed E-state index contributed by atoms with van der Waals surface area (Å²) < 4.78 is 0. The van der Waals surface area contributed by atoms with Gasteiger partial charge in [-0.05, 0) is 38.8 Å². The molecule has 0 aromatic heterocycles. The Balaban J connectivity index is 2.85. The number of hydrogen-bond donors (Lipinski definition) is 1. The molecule has 3 heteroatoms. The third kappa shape index (κ3) is 4.27. The Morgan fingerprint density at radius 1 is 1.06 bits per heavy atom. The van der Waals surface area contributed by atoms with Crippen molar-refractivity contribution in [3.05, 3.63) is 0 Å². The summed E-state index contributed by atoms with van der Waals surface area (Å²) in [5.74, 6) is -0.638. The second-order valence-corrected chi connectivity index (χ2v) is 5.70. The van der Waals surface area contributed by atoms with Gasteiger partial charge < -0.3 is 5.11 Å². The molecule has 1 saturated heterocycles. The molecule has 0 aliphatic carbocycles. The summed E-state index contributed by atoms with van der Waals surface area (Å²) in [5.41, 5.74) is -0.0837. The number of carboxylic acid groups (broad SMARTS) is 1. The molecule has 1 rings (SSSR count). The Morgan fingerprint density at radius 3 is 1.94 bits per heavy atom. The van der Waals surface area contributed by atoms with Crippen molar-refractivity contribution >= 4 is 5.97 Å². The third-order valence-corrected chi connectivity index (χ3v) is 4.19. The monoisotopic (exact) mass is 255 g/mol. The normalized spacial score (nSPS) is 18.6. The lowest BCUT2D eigenvalue weighted by atomic mass is 9.83. The van der Waals surface area contributed by atoms with Crippen LogP contribution in [0.25, 0.3) is 0 Å². The summed E-state index contributed by atoms with van der Waals surface area (Å²) >= 11 is 0. The van der Waals surface area contributed by atoms with E-state index < -0.39 is 5.97 Å². The van der Waals surface area contributed by atoms with Crippen LogP contribution in [-0.2, 0) is 4.79 Å². The number of likely N-dealkylation sites (tertiary alicyclic amines) is 1. The third-order valence-electron chi connectivity index (χ3n) is 4.19. The highest BCUT2D eigenvalue weighted by Gasteiger charge is 2.37. The molecule has 0 radical (unpaired) electrons. The second-order valence-electron chi connectivity index (χ2n) is 5.70. The van der Waals surface area contributed by atoms with Crippen LogP contribution in [-0.4, -0.2) is 34.6 Å². The van der Waals surface area contributed by atoms with Crippen molar-refractivity contribution in [2.24, 2.45) is 0 Å². The Labute approximate surface area is 112 Å². The second kappa shape index (κ2) is 7.78. The van der Waals surface area contributed by atoms with Crippen molar-refractivity contribution in [2.45, 2.75) is 77.2 Å². The molecule has 0 aromatic carbocycles. The molecule has 1 aliphatic heterocycles. The lowest BCUT2D eigenvalue weighted by molar-refractivity contribution is -0.141. The van der Waals surface area contributed by atoms with E-state index in [-0.39, 0.29) is 5.54 Å². The van der Waals surface area contributed by atoms with Crippen molar-refractivity contribution in [2.75, 3.05) is 13.1 Å². The minimum absolute atomic E-state index is 0.0837. The van der Waals surface area contributed by atoms with E-state index in [1.165, 1.54) is 25.7 Å². The smallest absolute Gasteiger partial charge is 0.305 e.